The first-order chi connectivity index (χ1) is 9.20. The lowest BCUT2D eigenvalue weighted by molar-refractivity contribution is 0.0552. The maximum atomic E-state index is 5.68. The van der Waals surface area contributed by atoms with E-state index in [-0.39, 0.29) is 6.10 Å². The van der Waals surface area contributed by atoms with Gasteiger partial charge in [0, 0.05) is 11.6 Å². The molecule has 0 saturated heterocycles. The van der Waals surface area contributed by atoms with Crippen LogP contribution in [0.5, 0.6) is 11.5 Å². The molecule has 1 heterocycles. The summed E-state index contributed by atoms with van der Waals surface area (Å²) < 4.78 is 16.8. The van der Waals surface area contributed by atoms with E-state index in [0.29, 0.717) is 25.9 Å². The Hall–Kier alpha value is -1.26. The molecule has 1 unspecified atom stereocenters. The highest BCUT2D eigenvalue weighted by atomic mass is 16.5. The van der Waals surface area contributed by atoms with Crippen LogP contribution in [-0.4, -0.2) is 32.5 Å². The van der Waals surface area contributed by atoms with Crippen molar-refractivity contribution in [3.8, 4) is 11.5 Å². The minimum atomic E-state index is 0.243. The fourth-order valence-corrected chi connectivity index (χ4v) is 2.14. The number of rotatable bonds is 7. The van der Waals surface area contributed by atoms with E-state index in [2.05, 4.69) is 18.3 Å². The number of likely N-dealkylation sites (N-methyl/N-ethyl adjacent to an activating group) is 1. The molecule has 1 aliphatic rings. The molecule has 0 radical (unpaired) electrons. The molecule has 4 heteroatoms. The minimum absolute atomic E-state index is 0.243. The number of benzene rings is 1. The number of fused-ring (bicyclic) bond motifs is 1. The molecule has 1 aromatic rings. The molecule has 1 aliphatic heterocycles. The van der Waals surface area contributed by atoms with E-state index in [4.69, 9.17) is 14.2 Å². The summed E-state index contributed by atoms with van der Waals surface area (Å²) >= 11 is 0. The van der Waals surface area contributed by atoms with Crippen molar-refractivity contribution in [2.24, 2.45) is 0 Å². The Morgan fingerprint density at radius 1 is 1.37 bits per heavy atom. The standard InChI is InChI=1S/C15H23NO3/c1-4-16-14-10-19-15-9-12(5-6-13(14)15)18-8-7-17-11(2)3/h5-6,9,11,14,16H,4,7-8,10H2,1-3H3. The zero-order valence-corrected chi connectivity index (χ0v) is 11.9. The predicted octanol–water partition coefficient (Wildman–Crippen LogP) is 2.53. The van der Waals surface area contributed by atoms with Crippen molar-refractivity contribution in [1.82, 2.24) is 5.32 Å². The van der Waals surface area contributed by atoms with Crippen molar-refractivity contribution in [2.75, 3.05) is 26.4 Å². The van der Waals surface area contributed by atoms with Crippen LogP contribution in [0.4, 0.5) is 0 Å². The van der Waals surface area contributed by atoms with Crippen molar-refractivity contribution in [1.29, 1.82) is 0 Å². The third kappa shape index (κ3) is 3.85. The van der Waals surface area contributed by atoms with Crippen molar-refractivity contribution in [3.63, 3.8) is 0 Å². The van der Waals surface area contributed by atoms with Crippen molar-refractivity contribution >= 4 is 0 Å². The lowest BCUT2D eigenvalue weighted by atomic mass is 10.1. The maximum absolute atomic E-state index is 5.68. The van der Waals surface area contributed by atoms with Crippen LogP contribution in [0.3, 0.4) is 0 Å². The highest BCUT2D eigenvalue weighted by molar-refractivity contribution is 5.45. The summed E-state index contributed by atoms with van der Waals surface area (Å²) in [6, 6.07) is 6.34. The first-order valence-corrected chi connectivity index (χ1v) is 6.95. The average Bonchev–Trinajstić information content (AvgIpc) is 2.78. The van der Waals surface area contributed by atoms with E-state index in [1.54, 1.807) is 0 Å². The second-order valence-electron chi connectivity index (χ2n) is 4.89. The van der Waals surface area contributed by atoms with Gasteiger partial charge in [-0.15, -0.1) is 0 Å². The van der Waals surface area contributed by atoms with Crippen molar-refractivity contribution in [2.45, 2.75) is 32.9 Å². The largest absolute Gasteiger partial charge is 0.491 e. The van der Waals surface area contributed by atoms with E-state index in [1.165, 1.54) is 5.56 Å². The Labute approximate surface area is 115 Å². The fourth-order valence-electron chi connectivity index (χ4n) is 2.14. The predicted molar refractivity (Wildman–Crippen MR) is 74.9 cm³/mol. The van der Waals surface area contributed by atoms with E-state index < -0.39 is 0 Å². The van der Waals surface area contributed by atoms with Gasteiger partial charge in [0.05, 0.1) is 18.8 Å². The summed E-state index contributed by atoms with van der Waals surface area (Å²) in [4.78, 5) is 0. The molecule has 19 heavy (non-hydrogen) atoms. The Morgan fingerprint density at radius 2 is 2.21 bits per heavy atom. The van der Waals surface area contributed by atoms with Gasteiger partial charge in [0.25, 0.3) is 0 Å². The number of hydrogen-bond acceptors (Lipinski definition) is 4. The SMILES string of the molecule is CCNC1COc2cc(OCCOC(C)C)ccc21. The Kier molecular flexibility index (Phi) is 5.05. The average molecular weight is 265 g/mol. The maximum Gasteiger partial charge on any atom is 0.127 e. The molecule has 0 bridgehead atoms. The minimum Gasteiger partial charge on any atom is -0.491 e. The molecule has 0 fully saturated rings. The topological polar surface area (TPSA) is 39.7 Å². The van der Waals surface area contributed by atoms with Gasteiger partial charge in [-0.3, -0.25) is 0 Å². The molecule has 4 nitrogen and oxygen atoms in total. The van der Waals surface area contributed by atoms with Crippen LogP contribution >= 0.6 is 0 Å². The third-order valence-corrected chi connectivity index (χ3v) is 3.02. The lowest BCUT2D eigenvalue weighted by Crippen LogP contribution is -2.21. The van der Waals surface area contributed by atoms with Crippen LogP contribution in [0.25, 0.3) is 0 Å². The summed E-state index contributed by atoms with van der Waals surface area (Å²) in [7, 11) is 0. The van der Waals surface area contributed by atoms with E-state index in [0.717, 1.165) is 18.0 Å². The molecular formula is C15H23NO3. The molecule has 1 atom stereocenters. The van der Waals surface area contributed by atoms with Gasteiger partial charge in [-0.05, 0) is 32.5 Å². The summed E-state index contributed by atoms with van der Waals surface area (Å²) in [5, 5.41) is 3.40. The molecular weight excluding hydrogens is 242 g/mol. The molecule has 0 aliphatic carbocycles. The second kappa shape index (κ2) is 6.78. The normalized spacial score (nSPS) is 17.4. The van der Waals surface area contributed by atoms with Gasteiger partial charge >= 0.3 is 0 Å². The van der Waals surface area contributed by atoms with Crippen LogP contribution < -0.4 is 14.8 Å². The van der Waals surface area contributed by atoms with Crippen molar-refractivity contribution < 1.29 is 14.2 Å². The number of ether oxygens (including phenoxy) is 3. The van der Waals surface area contributed by atoms with Crippen LogP contribution in [-0.2, 0) is 4.74 Å². The van der Waals surface area contributed by atoms with Crippen molar-refractivity contribution in [3.05, 3.63) is 23.8 Å². The van der Waals surface area contributed by atoms with E-state index >= 15 is 0 Å². The summed E-state index contributed by atoms with van der Waals surface area (Å²) in [6.07, 6.45) is 0.243. The van der Waals surface area contributed by atoms with E-state index in [1.807, 2.05) is 26.0 Å². The Balaban J connectivity index is 1.88. The van der Waals surface area contributed by atoms with Gasteiger partial charge in [-0.2, -0.15) is 0 Å². The van der Waals surface area contributed by atoms with Gasteiger partial charge in [0.1, 0.15) is 24.7 Å². The zero-order valence-electron chi connectivity index (χ0n) is 11.9. The van der Waals surface area contributed by atoms with Crippen LogP contribution in [0.1, 0.15) is 32.4 Å². The highest BCUT2D eigenvalue weighted by Crippen LogP contribution is 2.35. The molecule has 1 N–H and O–H groups in total. The third-order valence-electron chi connectivity index (χ3n) is 3.02. The Morgan fingerprint density at radius 3 is 2.95 bits per heavy atom. The monoisotopic (exact) mass is 265 g/mol. The quantitative estimate of drug-likeness (QED) is 0.769. The van der Waals surface area contributed by atoms with Gasteiger partial charge in [0.15, 0.2) is 0 Å². The molecule has 0 aromatic heterocycles. The van der Waals surface area contributed by atoms with Crippen LogP contribution in [0.15, 0.2) is 18.2 Å². The van der Waals surface area contributed by atoms with E-state index in [9.17, 15) is 0 Å². The lowest BCUT2D eigenvalue weighted by Gasteiger charge is -2.11. The fraction of sp³-hybridized carbons (Fsp3) is 0.600. The van der Waals surface area contributed by atoms with Gasteiger partial charge in [-0.25, -0.2) is 0 Å². The summed E-state index contributed by atoms with van der Waals surface area (Å²) in [5.41, 5.74) is 1.22. The van der Waals surface area contributed by atoms with Gasteiger partial charge < -0.3 is 19.5 Å². The second-order valence-corrected chi connectivity index (χ2v) is 4.89. The molecule has 1 aromatic carbocycles. The molecule has 0 spiro atoms. The molecule has 0 saturated carbocycles. The first-order valence-electron chi connectivity index (χ1n) is 6.95. The van der Waals surface area contributed by atoms with Crippen LogP contribution in [0, 0.1) is 0 Å². The summed E-state index contributed by atoms with van der Waals surface area (Å²) in [5.74, 6) is 1.76. The zero-order chi connectivity index (χ0) is 13.7. The highest BCUT2D eigenvalue weighted by Gasteiger charge is 2.23. The molecule has 0 amide bonds. The van der Waals surface area contributed by atoms with Gasteiger partial charge in [-0.1, -0.05) is 6.92 Å². The van der Waals surface area contributed by atoms with Gasteiger partial charge in [0.2, 0.25) is 0 Å². The Bertz CT molecular complexity index is 406. The first kappa shape index (κ1) is 14.2. The van der Waals surface area contributed by atoms with Crippen LogP contribution in [0.2, 0.25) is 0 Å². The number of hydrogen-bond donors (Lipinski definition) is 1. The molecule has 2 rings (SSSR count). The number of nitrogens with one attached hydrogen (secondary N) is 1. The smallest absolute Gasteiger partial charge is 0.127 e. The molecule has 106 valence electrons. The summed E-state index contributed by atoms with van der Waals surface area (Å²) in [6.45, 7) is 8.95.